The highest BCUT2D eigenvalue weighted by Crippen LogP contribution is 2.18. The van der Waals surface area contributed by atoms with Gasteiger partial charge < -0.3 is 10.1 Å². The summed E-state index contributed by atoms with van der Waals surface area (Å²) in [6, 6.07) is 8.10. The maximum atomic E-state index is 12.2. The Kier molecular flexibility index (Phi) is 7.14. The summed E-state index contributed by atoms with van der Waals surface area (Å²) < 4.78 is 7.76. The highest BCUT2D eigenvalue weighted by molar-refractivity contribution is 7.71. The molecule has 2 heterocycles. The van der Waals surface area contributed by atoms with Crippen molar-refractivity contribution in [2.24, 2.45) is 0 Å². The molecule has 1 saturated heterocycles. The summed E-state index contributed by atoms with van der Waals surface area (Å²) >= 11 is 5.33. The Morgan fingerprint density at radius 3 is 2.93 bits per heavy atom. The van der Waals surface area contributed by atoms with Crippen LogP contribution in [-0.2, 0) is 16.1 Å². The molecule has 1 aliphatic rings. The van der Waals surface area contributed by atoms with Crippen LogP contribution in [0.3, 0.4) is 0 Å². The van der Waals surface area contributed by atoms with Gasteiger partial charge in [-0.2, -0.15) is 5.10 Å². The van der Waals surface area contributed by atoms with Gasteiger partial charge in [0.15, 0.2) is 10.6 Å². The first-order valence-corrected chi connectivity index (χ1v) is 9.83. The van der Waals surface area contributed by atoms with E-state index in [1.54, 1.807) is 0 Å². The topological polar surface area (TPSA) is 75.2 Å². The molecule has 0 spiro atoms. The molecule has 0 unspecified atom stereocenters. The number of rotatable bonds is 8. The number of nitrogens with one attached hydrogen (secondary N) is 2. The van der Waals surface area contributed by atoms with Crippen LogP contribution in [0.25, 0.3) is 11.4 Å². The molecule has 0 saturated carbocycles. The zero-order chi connectivity index (χ0) is 19.1. The molecule has 0 aliphatic carbocycles. The lowest BCUT2D eigenvalue weighted by Gasteiger charge is -2.26. The fraction of sp³-hybridized carbons (Fsp3) is 0.526. The number of hydrogen-bond donors (Lipinski definition) is 2. The summed E-state index contributed by atoms with van der Waals surface area (Å²) in [5, 5.41) is 10.2. The van der Waals surface area contributed by atoms with Crippen molar-refractivity contribution < 1.29 is 9.53 Å². The highest BCUT2D eigenvalue weighted by Gasteiger charge is 2.12. The van der Waals surface area contributed by atoms with Crippen molar-refractivity contribution in [1.29, 1.82) is 0 Å². The normalized spacial score (nSPS) is 15.0. The van der Waals surface area contributed by atoms with Crippen LogP contribution in [0.5, 0.6) is 0 Å². The smallest absolute Gasteiger partial charge is 0.221 e. The van der Waals surface area contributed by atoms with E-state index in [-0.39, 0.29) is 5.91 Å². The summed E-state index contributed by atoms with van der Waals surface area (Å²) in [5.41, 5.74) is 2.15. The molecule has 0 radical (unpaired) electrons. The second-order valence-electron chi connectivity index (χ2n) is 6.78. The van der Waals surface area contributed by atoms with Gasteiger partial charge in [0, 0.05) is 38.2 Å². The van der Waals surface area contributed by atoms with E-state index in [0.29, 0.717) is 24.3 Å². The van der Waals surface area contributed by atoms with Crippen LogP contribution in [0, 0.1) is 11.7 Å². The van der Waals surface area contributed by atoms with Gasteiger partial charge in [0.25, 0.3) is 0 Å². The Hall–Kier alpha value is -2.03. The van der Waals surface area contributed by atoms with E-state index in [4.69, 9.17) is 17.0 Å². The van der Waals surface area contributed by atoms with Gasteiger partial charge in [-0.1, -0.05) is 23.8 Å². The molecule has 1 aromatic heterocycles. The van der Waals surface area contributed by atoms with Crippen molar-refractivity contribution in [1.82, 2.24) is 25.0 Å². The molecule has 2 aromatic rings. The van der Waals surface area contributed by atoms with Gasteiger partial charge in [-0.3, -0.25) is 19.4 Å². The number of aromatic nitrogens is 3. The molecule has 146 valence electrons. The lowest BCUT2D eigenvalue weighted by Crippen LogP contribution is -2.38. The monoisotopic (exact) mass is 389 g/mol. The summed E-state index contributed by atoms with van der Waals surface area (Å²) in [5.74, 6) is 0.805. The molecule has 27 heavy (non-hydrogen) atoms. The first-order chi connectivity index (χ1) is 13.1. The average molecular weight is 390 g/mol. The van der Waals surface area contributed by atoms with E-state index in [0.717, 1.165) is 56.2 Å². The Morgan fingerprint density at radius 2 is 2.15 bits per heavy atom. The van der Waals surface area contributed by atoms with E-state index < -0.39 is 0 Å². The zero-order valence-corrected chi connectivity index (χ0v) is 16.6. The minimum atomic E-state index is 0.0373. The largest absolute Gasteiger partial charge is 0.379 e. The minimum Gasteiger partial charge on any atom is -0.379 e. The number of nitrogens with zero attached hydrogens (tertiary/aromatic N) is 3. The van der Waals surface area contributed by atoms with Gasteiger partial charge >= 0.3 is 0 Å². The number of morpholine rings is 1. The predicted molar refractivity (Wildman–Crippen MR) is 107 cm³/mol. The van der Waals surface area contributed by atoms with Crippen molar-refractivity contribution in [3.8, 4) is 11.4 Å². The maximum absolute atomic E-state index is 12.2. The second-order valence-corrected chi connectivity index (χ2v) is 7.17. The first-order valence-electron chi connectivity index (χ1n) is 9.42. The fourth-order valence-corrected chi connectivity index (χ4v) is 3.41. The van der Waals surface area contributed by atoms with Crippen LogP contribution in [0.1, 0.15) is 18.4 Å². The third kappa shape index (κ3) is 5.72. The Bertz CT molecular complexity index is 810. The molecule has 1 amide bonds. The number of carbonyl (C=O) groups is 1. The number of aryl methyl sites for hydroxylation is 1. The molecular formula is C19H27N5O2S. The standard InChI is InChI=1S/C19H27N5O2S/c1-15-4-2-5-16(14-15)18-21-22-19(27)24(18)9-6-17(25)20-7-3-8-23-10-12-26-13-11-23/h2,4-5,14H,3,6-13H2,1H3,(H,20,25)(H,22,27). The Balaban J connectivity index is 1.46. The van der Waals surface area contributed by atoms with Crippen molar-refractivity contribution in [2.75, 3.05) is 39.4 Å². The van der Waals surface area contributed by atoms with E-state index in [1.165, 1.54) is 0 Å². The molecule has 1 aromatic carbocycles. The van der Waals surface area contributed by atoms with Crippen LogP contribution >= 0.6 is 12.2 Å². The van der Waals surface area contributed by atoms with E-state index in [2.05, 4.69) is 26.5 Å². The predicted octanol–water partition coefficient (Wildman–Crippen LogP) is 2.14. The number of aromatic amines is 1. The van der Waals surface area contributed by atoms with Gasteiger partial charge in [0.05, 0.1) is 13.2 Å². The van der Waals surface area contributed by atoms with E-state index in [9.17, 15) is 4.79 Å². The highest BCUT2D eigenvalue weighted by atomic mass is 32.1. The summed E-state index contributed by atoms with van der Waals surface area (Å²) in [4.78, 5) is 14.5. The third-order valence-corrected chi connectivity index (χ3v) is 4.99. The number of benzene rings is 1. The van der Waals surface area contributed by atoms with Crippen LogP contribution in [0.2, 0.25) is 0 Å². The van der Waals surface area contributed by atoms with Gasteiger partial charge in [-0.05, 0) is 38.2 Å². The van der Waals surface area contributed by atoms with Crippen molar-refractivity contribution in [3.63, 3.8) is 0 Å². The Labute approximate surface area is 164 Å². The molecule has 0 atom stereocenters. The van der Waals surface area contributed by atoms with Crippen molar-refractivity contribution in [2.45, 2.75) is 26.3 Å². The summed E-state index contributed by atoms with van der Waals surface area (Å²) in [6.45, 7) is 7.81. The lowest BCUT2D eigenvalue weighted by atomic mass is 10.1. The van der Waals surface area contributed by atoms with Crippen LogP contribution in [0.4, 0.5) is 0 Å². The molecule has 1 aliphatic heterocycles. The first kappa shape index (κ1) is 19.7. The molecule has 1 fully saturated rings. The maximum Gasteiger partial charge on any atom is 0.221 e. The second kappa shape index (κ2) is 9.77. The fourth-order valence-electron chi connectivity index (χ4n) is 3.19. The van der Waals surface area contributed by atoms with Gasteiger partial charge in [0.2, 0.25) is 5.91 Å². The summed E-state index contributed by atoms with van der Waals surface area (Å²) in [7, 11) is 0. The number of amides is 1. The summed E-state index contributed by atoms with van der Waals surface area (Å²) in [6.07, 6.45) is 1.33. The van der Waals surface area contributed by atoms with E-state index in [1.807, 2.05) is 29.7 Å². The van der Waals surface area contributed by atoms with Crippen LogP contribution in [-0.4, -0.2) is 65.0 Å². The lowest BCUT2D eigenvalue weighted by molar-refractivity contribution is -0.121. The molecule has 8 heteroatoms. The third-order valence-electron chi connectivity index (χ3n) is 4.67. The van der Waals surface area contributed by atoms with Crippen molar-refractivity contribution in [3.05, 3.63) is 34.6 Å². The number of H-pyrrole nitrogens is 1. The van der Waals surface area contributed by atoms with Gasteiger partial charge in [-0.15, -0.1) is 0 Å². The SMILES string of the molecule is Cc1cccc(-c2n[nH]c(=S)n2CCC(=O)NCCCN2CCOCC2)c1. The van der Waals surface area contributed by atoms with Crippen LogP contribution in [0.15, 0.2) is 24.3 Å². The molecular weight excluding hydrogens is 362 g/mol. The van der Waals surface area contributed by atoms with Crippen LogP contribution < -0.4 is 5.32 Å². The van der Waals surface area contributed by atoms with Crippen molar-refractivity contribution >= 4 is 18.1 Å². The van der Waals surface area contributed by atoms with E-state index >= 15 is 0 Å². The van der Waals surface area contributed by atoms with Gasteiger partial charge in [-0.25, -0.2) is 0 Å². The Morgan fingerprint density at radius 1 is 1.33 bits per heavy atom. The number of ether oxygens (including phenoxy) is 1. The molecule has 2 N–H and O–H groups in total. The minimum absolute atomic E-state index is 0.0373. The number of hydrogen-bond acceptors (Lipinski definition) is 5. The number of carbonyl (C=O) groups excluding carboxylic acids is 1. The molecule has 3 rings (SSSR count). The molecule has 0 bridgehead atoms. The zero-order valence-electron chi connectivity index (χ0n) is 15.7. The quantitative estimate of drug-likeness (QED) is 0.534. The van der Waals surface area contributed by atoms with Gasteiger partial charge in [0.1, 0.15) is 0 Å². The average Bonchev–Trinajstić information content (AvgIpc) is 3.05. The molecule has 7 nitrogen and oxygen atoms in total.